The van der Waals surface area contributed by atoms with Crippen molar-refractivity contribution in [1.29, 1.82) is 0 Å². The highest BCUT2D eigenvalue weighted by Gasteiger charge is 2.28. The van der Waals surface area contributed by atoms with Gasteiger partial charge in [-0.25, -0.2) is 16.8 Å². The molecule has 1 aliphatic heterocycles. The third-order valence-corrected chi connectivity index (χ3v) is 9.55. The van der Waals surface area contributed by atoms with Gasteiger partial charge < -0.3 is 10.2 Å². The molecule has 38 heavy (non-hydrogen) atoms. The highest BCUT2D eigenvalue weighted by Crippen LogP contribution is 2.26. The van der Waals surface area contributed by atoms with Gasteiger partial charge in [-0.15, -0.1) is 12.4 Å². The summed E-state index contributed by atoms with van der Waals surface area (Å²) in [6.45, 7) is 1.99. The smallest absolute Gasteiger partial charge is 0.261 e. The minimum Gasteiger partial charge on any atom is -0.322 e. The summed E-state index contributed by atoms with van der Waals surface area (Å²) in [6.07, 6.45) is 0. The van der Waals surface area contributed by atoms with E-state index in [1.165, 1.54) is 65.0 Å². The minimum atomic E-state index is -4.03. The number of benzene rings is 3. The van der Waals surface area contributed by atoms with Crippen molar-refractivity contribution in [3.05, 3.63) is 82.3 Å². The molecule has 0 aromatic heterocycles. The fourth-order valence-corrected chi connectivity index (χ4v) is 6.57. The number of halogens is 3. The Hall–Kier alpha value is -2.38. The Bertz CT molecular complexity index is 1530. The summed E-state index contributed by atoms with van der Waals surface area (Å²) in [7, 11) is -5.85. The number of carbonyl (C=O) groups excluding carboxylic acids is 1. The average Bonchev–Trinajstić information content (AvgIpc) is 2.85. The van der Waals surface area contributed by atoms with Crippen LogP contribution in [0.2, 0.25) is 10.0 Å². The highest BCUT2D eigenvalue weighted by atomic mass is 35.5. The standard InChI is InChI=1S/C24H24Cl2N4O5S2.ClH/c1-29-11-13-30(14-12-29)37(34,35)21-4-2-3-19(16-21)27-24(31)22-15-18(26)7-10-23(22)28-36(32,33)20-8-5-17(25)6-9-20;/h2-10,15-16,28H,11-14H2,1H3,(H,27,31);1H. The van der Waals surface area contributed by atoms with Crippen molar-refractivity contribution in [2.75, 3.05) is 43.3 Å². The lowest BCUT2D eigenvalue weighted by atomic mass is 10.1. The summed E-state index contributed by atoms with van der Waals surface area (Å²) >= 11 is 11.9. The number of nitrogens with one attached hydrogen (secondary N) is 2. The summed E-state index contributed by atoms with van der Waals surface area (Å²) in [6, 6.07) is 15.6. The molecule has 9 nitrogen and oxygen atoms in total. The summed E-state index contributed by atoms with van der Waals surface area (Å²) in [5.41, 5.74) is 0.183. The van der Waals surface area contributed by atoms with Crippen LogP contribution in [0.1, 0.15) is 10.4 Å². The molecule has 0 saturated carbocycles. The van der Waals surface area contributed by atoms with Gasteiger partial charge in [-0.2, -0.15) is 4.31 Å². The molecule has 1 fully saturated rings. The number of rotatable bonds is 7. The van der Waals surface area contributed by atoms with E-state index in [1.807, 2.05) is 11.9 Å². The number of amides is 1. The van der Waals surface area contributed by atoms with Gasteiger partial charge in [0.25, 0.3) is 15.9 Å². The first-order valence-corrected chi connectivity index (χ1v) is 14.8. The molecule has 4 rings (SSSR count). The summed E-state index contributed by atoms with van der Waals surface area (Å²) in [5, 5.41) is 3.23. The first-order valence-electron chi connectivity index (χ1n) is 11.1. The monoisotopic (exact) mass is 618 g/mol. The Labute approximate surface area is 238 Å². The van der Waals surface area contributed by atoms with Gasteiger partial charge in [0.2, 0.25) is 10.0 Å². The van der Waals surface area contributed by atoms with Crippen LogP contribution in [-0.4, -0.2) is 65.2 Å². The van der Waals surface area contributed by atoms with Gasteiger partial charge >= 0.3 is 0 Å². The first kappa shape index (κ1) is 30.2. The Balaban J connectivity index is 0.00000400. The van der Waals surface area contributed by atoms with Crippen molar-refractivity contribution in [2.45, 2.75) is 9.79 Å². The van der Waals surface area contributed by atoms with E-state index in [2.05, 4.69) is 10.0 Å². The predicted octanol–water partition coefficient (Wildman–Crippen LogP) is 4.40. The lowest BCUT2D eigenvalue weighted by Gasteiger charge is -2.31. The predicted molar refractivity (Wildman–Crippen MR) is 152 cm³/mol. The number of sulfonamides is 2. The fourth-order valence-electron chi connectivity index (χ4n) is 3.72. The van der Waals surface area contributed by atoms with Crippen LogP contribution in [0.25, 0.3) is 0 Å². The van der Waals surface area contributed by atoms with Gasteiger partial charge in [-0.05, 0) is 67.7 Å². The SMILES string of the molecule is CN1CCN(S(=O)(=O)c2cccc(NC(=O)c3cc(Cl)ccc3NS(=O)(=O)c3ccc(Cl)cc3)c2)CC1.Cl. The third-order valence-electron chi connectivity index (χ3n) is 5.79. The van der Waals surface area contributed by atoms with Crippen LogP contribution in [0.4, 0.5) is 11.4 Å². The maximum Gasteiger partial charge on any atom is 0.261 e. The number of likely N-dealkylation sites (N-methyl/N-ethyl adjacent to an activating group) is 1. The van der Waals surface area contributed by atoms with Gasteiger partial charge in [0.05, 0.1) is 21.0 Å². The second-order valence-electron chi connectivity index (χ2n) is 8.44. The van der Waals surface area contributed by atoms with E-state index in [4.69, 9.17) is 23.2 Å². The molecule has 1 heterocycles. The molecule has 0 unspecified atom stereocenters. The molecule has 14 heteroatoms. The van der Waals surface area contributed by atoms with Crippen LogP contribution < -0.4 is 10.0 Å². The molecule has 2 N–H and O–H groups in total. The molecule has 0 aliphatic carbocycles. The lowest BCUT2D eigenvalue weighted by molar-refractivity contribution is 0.102. The second kappa shape index (κ2) is 12.2. The van der Waals surface area contributed by atoms with Crippen molar-refractivity contribution in [3.63, 3.8) is 0 Å². The molecule has 3 aromatic carbocycles. The molecule has 1 aliphatic rings. The van der Waals surface area contributed by atoms with E-state index < -0.39 is 26.0 Å². The van der Waals surface area contributed by atoms with Crippen molar-refractivity contribution >= 4 is 72.9 Å². The van der Waals surface area contributed by atoms with Crippen LogP contribution in [0, 0.1) is 0 Å². The Morgan fingerprint density at radius 3 is 2.11 bits per heavy atom. The van der Waals surface area contributed by atoms with Gasteiger partial charge in [-0.3, -0.25) is 9.52 Å². The summed E-state index contributed by atoms with van der Waals surface area (Å²) in [5.74, 6) is -0.676. The minimum absolute atomic E-state index is 0. The fraction of sp³-hybridized carbons (Fsp3) is 0.208. The lowest BCUT2D eigenvalue weighted by Crippen LogP contribution is -2.47. The van der Waals surface area contributed by atoms with E-state index >= 15 is 0 Å². The quantitative estimate of drug-likeness (QED) is 0.405. The Morgan fingerprint density at radius 2 is 1.45 bits per heavy atom. The molecule has 3 aromatic rings. The number of carbonyl (C=O) groups is 1. The van der Waals surface area contributed by atoms with E-state index in [-0.39, 0.29) is 44.2 Å². The van der Waals surface area contributed by atoms with Crippen LogP contribution in [0.15, 0.2) is 76.5 Å². The molecule has 1 saturated heterocycles. The van der Waals surface area contributed by atoms with Crippen LogP contribution in [0.3, 0.4) is 0 Å². The van der Waals surface area contributed by atoms with Crippen molar-refractivity contribution in [1.82, 2.24) is 9.21 Å². The summed E-state index contributed by atoms with van der Waals surface area (Å²) in [4.78, 5) is 15.2. The molecule has 0 atom stereocenters. The van der Waals surface area contributed by atoms with E-state index in [0.717, 1.165) is 0 Å². The van der Waals surface area contributed by atoms with Gasteiger partial charge in [-0.1, -0.05) is 29.3 Å². The zero-order valence-electron chi connectivity index (χ0n) is 20.1. The largest absolute Gasteiger partial charge is 0.322 e. The van der Waals surface area contributed by atoms with Crippen LogP contribution in [-0.2, 0) is 20.0 Å². The van der Waals surface area contributed by atoms with E-state index in [1.54, 1.807) is 6.07 Å². The third kappa shape index (κ3) is 6.97. The number of hydrogen-bond donors (Lipinski definition) is 2. The highest BCUT2D eigenvalue weighted by molar-refractivity contribution is 7.92. The molecule has 1 amide bonds. The summed E-state index contributed by atoms with van der Waals surface area (Å²) < 4.78 is 55.8. The van der Waals surface area contributed by atoms with Gasteiger partial charge in [0.1, 0.15) is 0 Å². The molecular weight excluding hydrogens is 595 g/mol. The molecule has 0 spiro atoms. The molecule has 0 bridgehead atoms. The van der Waals surface area contributed by atoms with Crippen molar-refractivity contribution in [3.8, 4) is 0 Å². The Kier molecular flexibility index (Phi) is 9.69. The van der Waals surface area contributed by atoms with Crippen LogP contribution >= 0.6 is 35.6 Å². The van der Waals surface area contributed by atoms with Crippen LogP contribution in [0.5, 0.6) is 0 Å². The number of hydrogen-bond acceptors (Lipinski definition) is 6. The average molecular weight is 620 g/mol. The number of piperazine rings is 1. The van der Waals surface area contributed by atoms with Crippen molar-refractivity contribution < 1.29 is 21.6 Å². The van der Waals surface area contributed by atoms with E-state index in [0.29, 0.717) is 31.2 Å². The maximum atomic E-state index is 13.2. The molecular formula is C24H25Cl3N4O5S2. The number of nitrogens with zero attached hydrogens (tertiary/aromatic N) is 2. The zero-order valence-corrected chi connectivity index (χ0v) is 24.1. The first-order chi connectivity index (χ1) is 17.5. The van der Waals surface area contributed by atoms with E-state index in [9.17, 15) is 21.6 Å². The number of anilines is 2. The van der Waals surface area contributed by atoms with Gasteiger partial charge in [0.15, 0.2) is 0 Å². The Morgan fingerprint density at radius 1 is 0.816 bits per heavy atom. The maximum absolute atomic E-state index is 13.2. The molecule has 204 valence electrons. The topological polar surface area (TPSA) is 116 Å². The second-order valence-corrected chi connectivity index (χ2v) is 12.9. The molecule has 0 radical (unpaired) electrons. The zero-order chi connectivity index (χ0) is 26.8. The normalized spacial score (nSPS) is 14.9. The van der Waals surface area contributed by atoms with Crippen molar-refractivity contribution in [2.24, 2.45) is 0 Å². The van der Waals surface area contributed by atoms with Gasteiger partial charge in [0, 0.05) is 41.9 Å².